The van der Waals surface area contributed by atoms with Crippen LogP contribution in [0.5, 0.6) is 0 Å². The highest BCUT2D eigenvalue weighted by Gasteiger charge is 2.40. The molecule has 0 bridgehead atoms. The third kappa shape index (κ3) is 3.11. The van der Waals surface area contributed by atoms with Gasteiger partial charge < -0.3 is 9.84 Å². The van der Waals surface area contributed by atoms with Gasteiger partial charge in [0.05, 0.1) is 23.1 Å². The van der Waals surface area contributed by atoms with E-state index in [0.29, 0.717) is 13.0 Å². The molecule has 0 radical (unpaired) electrons. The van der Waals surface area contributed by atoms with Gasteiger partial charge in [0.1, 0.15) is 5.82 Å². The second-order valence-corrected chi connectivity index (χ2v) is 7.34. The molecule has 118 valence electrons. The molecule has 1 saturated heterocycles. The largest absolute Gasteiger partial charge is 0.392 e. The second kappa shape index (κ2) is 5.64. The summed E-state index contributed by atoms with van der Waals surface area (Å²) < 4.78 is 46.8. The molecule has 1 aliphatic rings. The summed E-state index contributed by atoms with van der Waals surface area (Å²) in [6.07, 6.45) is 0.326. The molecule has 21 heavy (non-hydrogen) atoms. The Morgan fingerprint density at radius 3 is 2.71 bits per heavy atom. The molecule has 0 saturated carbocycles. The van der Waals surface area contributed by atoms with Crippen LogP contribution in [0.25, 0.3) is 0 Å². The van der Waals surface area contributed by atoms with Gasteiger partial charge in [0, 0.05) is 12.2 Å². The highest BCUT2D eigenvalue weighted by Crippen LogP contribution is 2.28. The van der Waals surface area contributed by atoms with Gasteiger partial charge in [-0.1, -0.05) is 0 Å². The van der Waals surface area contributed by atoms with Gasteiger partial charge in [0.15, 0.2) is 0 Å². The molecular formula is C14H20FNO4S. The topological polar surface area (TPSA) is 75.6 Å². The van der Waals surface area contributed by atoms with Gasteiger partial charge in [-0.3, -0.25) is 0 Å². The highest BCUT2D eigenvalue weighted by molar-refractivity contribution is 7.89. The lowest BCUT2D eigenvalue weighted by Gasteiger charge is -2.28. The number of rotatable bonds is 4. The number of aryl methyl sites for hydroxylation is 1. The molecule has 1 fully saturated rings. The van der Waals surface area contributed by atoms with Crippen molar-refractivity contribution in [2.45, 2.75) is 50.3 Å². The van der Waals surface area contributed by atoms with Crippen LogP contribution < -0.4 is 4.72 Å². The third-order valence-electron chi connectivity index (χ3n) is 4.04. The highest BCUT2D eigenvalue weighted by atomic mass is 32.2. The van der Waals surface area contributed by atoms with Crippen LogP contribution in [0.1, 0.15) is 31.4 Å². The Hall–Kier alpha value is -1.02. The minimum atomic E-state index is -3.81. The monoisotopic (exact) mass is 317 g/mol. The van der Waals surface area contributed by atoms with E-state index in [0.717, 1.165) is 6.07 Å². The van der Waals surface area contributed by atoms with Gasteiger partial charge >= 0.3 is 0 Å². The summed E-state index contributed by atoms with van der Waals surface area (Å²) >= 11 is 0. The van der Waals surface area contributed by atoms with Gasteiger partial charge in [-0.2, -0.15) is 0 Å². The number of halogens is 1. The molecule has 0 amide bonds. The Kier molecular flexibility index (Phi) is 4.39. The maximum atomic E-state index is 13.7. The maximum absolute atomic E-state index is 13.7. The van der Waals surface area contributed by atoms with Crippen molar-refractivity contribution < 1.29 is 22.7 Å². The van der Waals surface area contributed by atoms with Crippen molar-refractivity contribution in [1.29, 1.82) is 0 Å². The molecule has 1 heterocycles. The van der Waals surface area contributed by atoms with Crippen molar-refractivity contribution in [3.63, 3.8) is 0 Å². The van der Waals surface area contributed by atoms with E-state index < -0.39 is 28.0 Å². The van der Waals surface area contributed by atoms with Crippen molar-refractivity contribution >= 4 is 10.0 Å². The van der Waals surface area contributed by atoms with Crippen LogP contribution in [0.3, 0.4) is 0 Å². The molecule has 0 spiro atoms. The predicted octanol–water partition coefficient (Wildman–Crippen LogP) is 1.47. The molecule has 2 rings (SSSR count). The first-order valence-corrected chi connectivity index (χ1v) is 8.23. The van der Waals surface area contributed by atoms with Crippen molar-refractivity contribution in [2.75, 3.05) is 6.61 Å². The molecule has 2 unspecified atom stereocenters. The minimum absolute atomic E-state index is 0.0313. The van der Waals surface area contributed by atoms with Gasteiger partial charge in [0.2, 0.25) is 10.0 Å². The van der Waals surface area contributed by atoms with Gasteiger partial charge in [-0.05, 0) is 44.9 Å². The quantitative estimate of drug-likeness (QED) is 0.882. The summed E-state index contributed by atoms with van der Waals surface area (Å²) in [5, 5.41) is 9.13. The number of sulfonamides is 1. The number of benzene rings is 1. The molecule has 2 atom stereocenters. The lowest BCUT2D eigenvalue weighted by atomic mass is 9.97. The predicted molar refractivity (Wildman–Crippen MR) is 75.8 cm³/mol. The molecule has 0 aromatic heterocycles. The fraction of sp³-hybridized carbons (Fsp3) is 0.571. The number of nitrogens with one attached hydrogen (secondary N) is 1. The average molecular weight is 317 g/mol. The maximum Gasteiger partial charge on any atom is 0.241 e. The molecule has 1 aromatic carbocycles. The van der Waals surface area contributed by atoms with Crippen LogP contribution in [-0.4, -0.2) is 31.8 Å². The summed E-state index contributed by atoms with van der Waals surface area (Å²) in [6.45, 7) is 5.00. The van der Waals surface area contributed by atoms with E-state index in [1.54, 1.807) is 6.92 Å². The van der Waals surface area contributed by atoms with E-state index in [4.69, 9.17) is 9.84 Å². The van der Waals surface area contributed by atoms with Crippen molar-refractivity contribution in [2.24, 2.45) is 0 Å². The summed E-state index contributed by atoms with van der Waals surface area (Å²) in [5.41, 5.74) is -0.542. The number of hydrogen-bond acceptors (Lipinski definition) is 4. The first-order chi connectivity index (χ1) is 9.69. The fourth-order valence-electron chi connectivity index (χ4n) is 2.41. The Labute approximate surface area is 124 Å². The molecule has 7 heteroatoms. The molecule has 0 aliphatic carbocycles. The zero-order valence-corrected chi connectivity index (χ0v) is 13.1. The zero-order valence-electron chi connectivity index (χ0n) is 12.3. The van der Waals surface area contributed by atoms with Crippen molar-refractivity contribution in [3.05, 3.63) is 29.1 Å². The fourth-order valence-corrected chi connectivity index (χ4v) is 4.04. The third-order valence-corrected chi connectivity index (χ3v) is 5.63. The number of aliphatic hydroxyl groups is 1. The van der Waals surface area contributed by atoms with E-state index >= 15 is 0 Å². The van der Waals surface area contributed by atoms with Crippen LogP contribution in [-0.2, 0) is 21.4 Å². The van der Waals surface area contributed by atoms with Crippen LogP contribution in [0.15, 0.2) is 17.0 Å². The molecule has 2 N–H and O–H groups in total. The Morgan fingerprint density at radius 2 is 2.19 bits per heavy atom. The van der Waals surface area contributed by atoms with E-state index in [1.807, 2.05) is 6.92 Å². The number of aliphatic hydroxyl groups excluding tert-OH is 1. The van der Waals surface area contributed by atoms with E-state index in [9.17, 15) is 12.8 Å². The van der Waals surface area contributed by atoms with Crippen LogP contribution >= 0.6 is 0 Å². The van der Waals surface area contributed by atoms with Gasteiger partial charge in [-0.25, -0.2) is 17.5 Å². The zero-order chi connectivity index (χ0) is 15.8. The Balaban J connectivity index is 2.38. The second-order valence-electron chi connectivity index (χ2n) is 5.66. The summed E-state index contributed by atoms with van der Waals surface area (Å²) in [7, 11) is -3.81. The molecule has 5 nitrogen and oxygen atoms in total. The van der Waals surface area contributed by atoms with E-state index in [2.05, 4.69) is 4.72 Å². The number of hydrogen-bond donors (Lipinski definition) is 2. The SMILES string of the molecule is Cc1cc(S(=O)(=O)NC2(C)CCOC2C)cc(CO)c1F. The first kappa shape index (κ1) is 16.4. The molecule has 1 aliphatic heterocycles. The van der Waals surface area contributed by atoms with Crippen LogP contribution in [0, 0.1) is 12.7 Å². The van der Waals surface area contributed by atoms with Gasteiger partial charge in [0.25, 0.3) is 0 Å². The summed E-state index contributed by atoms with van der Waals surface area (Å²) in [6, 6.07) is 2.43. The lowest BCUT2D eigenvalue weighted by Crippen LogP contribution is -2.50. The molecule has 1 aromatic rings. The average Bonchev–Trinajstić information content (AvgIpc) is 2.71. The minimum Gasteiger partial charge on any atom is -0.392 e. The Morgan fingerprint density at radius 1 is 1.52 bits per heavy atom. The van der Waals surface area contributed by atoms with Crippen molar-refractivity contribution in [3.8, 4) is 0 Å². The van der Waals surface area contributed by atoms with Crippen LogP contribution in [0.2, 0.25) is 0 Å². The van der Waals surface area contributed by atoms with E-state index in [-0.39, 0.29) is 22.1 Å². The van der Waals surface area contributed by atoms with Crippen LogP contribution in [0.4, 0.5) is 4.39 Å². The van der Waals surface area contributed by atoms with Crippen molar-refractivity contribution in [1.82, 2.24) is 4.72 Å². The standard InChI is InChI=1S/C14H20FNO4S/c1-9-6-12(7-11(8-17)13(9)15)21(18,19)16-14(3)4-5-20-10(14)2/h6-7,10,16-17H,4-5,8H2,1-3H3. The molecular weight excluding hydrogens is 297 g/mol. The number of ether oxygens (including phenoxy) is 1. The Bertz CT molecular complexity index is 647. The smallest absolute Gasteiger partial charge is 0.241 e. The van der Waals surface area contributed by atoms with E-state index in [1.165, 1.54) is 13.0 Å². The summed E-state index contributed by atoms with van der Waals surface area (Å²) in [5.74, 6) is -0.583. The normalized spacial score (nSPS) is 26.2. The summed E-state index contributed by atoms with van der Waals surface area (Å²) in [4.78, 5) is -0.0502. The first-order valence-electron chi connectivity index (χ1n) is 6.75. The van der Waals surface area contributed by atoms with Gasteiger partial charge in [-0.15, -0.1) is 0 Å². The lowest BCUT2D eigenvalue weighted by molar-refractivity contribution is 0.0957.